The lowest BCUT2D eigenvalue weighted by atomic mass is 10.2. The summed E-state index contributed by atoms with van der Waals surface area (Å²) in [7, 11) is -3.97. The summed E-state index contributed by atoms with van der Waals surface area (Å²) in [5.74, 6) is 0.106. The first-order chi connectivity index (χ1) is 9.68. The Morgan fingerprint density at radius 3 is 2.19 bits per heavy atom. The second kappa shape index (κ2) is 5.36. The second-order valence-corrected chi connectivity index (χ2v) is 5.97. The number of benzene rings is 1. The van der Waals surface area contributed by atoms with E-state index >= 15 is 0 Å². The summed E-state index contributed by atoms with van der Waals surface area (Å²) >= 11 is 0. The van der Waals surface area contributed by atoms with Crippen molar-refractivity contribution in [1.82, 2.24) is 4.98 Å². The molecule has 0 atom stereocenters. The van der Waals surface area contributed by atoms with Crippen LogP contribution in [0.1, 0.15) is 11.3 Å². The summed E-state index contributed by atoms with van der Waals surface area (Å²) in [5.41, 5.74) is -0.294. The number of nitrogens with zero attached hydrogens (tertiary/aromatic N) is 1. The maximum atomic E-state index is 12.4. The molecule has 0 fully saturated rings. The van der Waals surface area contributed by atoms with E-state index in [-0.39, 0.29) is 10.7 Å². The minimum atomic E-state index is -4.51. The van der Waals surface area contributed by atoms with Gasteiger partial charge in [0.05, 0.1) is 10.5 Å². The molecule has 1 N–H and O–H groups in total. The number of alkyl halides is 3. The highest BCUT2D eigenvalue weighted by Crippen LogP contribution is 2.29. The fourth-order valence-electron chi connectivity index (χ4n) is 1.62. The van der Waals surface area contributed by atoms with E-state index in [0.29, 0.717) is 5.69 Å². The van der Waals surface area contributed by atoms with E-state index in [1.165, 1.54) is 6.07 Å². The van der Waals surface area contributed by atoms with Gasteiger partial charge >= 0.3 is 6.18 Å². The third-order valence-electron chi connectivity index (χ3n) is 2.62. The topological polar surface area (TPSA) is 59.1 Å². The van der Waals surface area contributed by atoms with Crippen molar-refractivity contribution in [3.63, 3.8) is 0 Å². The SMILES string of the molecule is Cc1cccc(NS(=O)(=O)c2ccc(C(F)(F)F)cc2)n1. The molecule has 1 heterocycles. The Bertz CT molecular complexity index is 741. The third-order valence-corrected chi connectivity index (χ3v) is 3.99. The van der Waals surface area contributed by atoms with E-state index in [4.69, 9.17) is 0 Å². The van der Waals surface area contributed by atoms with E-state index < -0.39 is 21.8 Å². The van der Waals surface area contributed by atoms with Gasteiger partial charge in [0.2, 0.25) is 0 Å². The number of halogens is 3. The molecule has 0 radical (unpaired) electrons. The number of rotatable bonds is 3. The Morgan fingerprint density at radius 1 is 1.05 bits per heavy atom. The Hall–Kier alpha value is -2.09. The van der Waals surface area contributed by atoms with Crippen LogP contribution >= 0.6 is 0 Å². The maximum absolute atomic E-state index is 12.4. The predicted octanol–water partition coefficient (Wildman–Crippen LogP) is 3.21. The van der Waals surface area contributed by atoms with Gasteiger partial charge < -0.3 is 0 Å². The standard InChI is InChI=1S/C13H11F3N2O2S/c1-9-3-2-4-12(17-9)18-21(19,20)11-7-5-10(6-8-11)13(14,15)16/h2-8H,1H3,(H,17,18). The zero-order chi connectivity index (χ0) is 15.7. The molecule has 4 nitrogen and oxygen atoms in total. The predicted molar refractivity (Wildman–Crippen MR) is 71.2 cm³/mol. The molecule has 1 aromatic heterocycles. The fraction of sp³-hybridized carbons (Fsp3) is 0.154. The van der Waals surface area contributed by atoms with Gasteiger partial charge in [0.25, 0.3) is 10.0 Å². The number of hydrogen-bond acceptors (Lipinski definition) is 3. The van der Waals surface area contributed by atoms with Crippen LogP contribution in [0.5, 0.6) is 0 Å². The quantitative estimate of drug-likeness (QED) is 0.946. The molecule has 0 aliphatic heterocycles. The molecule has 0 amide bonds. The molecule has 2 rings (SSSR count). The number of sulfonamides is 1. The Kier molecular flexibility index (Phi) is 3.91. The van der Waals surface area contributed by atoms with Crippen molar-refractivity contribution in [3.05, 3.63) is 53.7 Å². The van der Waals surface area contributed by atoms with Crippen LogP contribution in [0.2, 0.25) is 0 Å². The van der Waals surface area contributed by atoms with E-state index in [1.807, 2.05) is 0 Å². The van der Waals surface area contributed by atoms with Crippen LogP contribution in [0.4, 0.5) is 19.0 Å². The molecule has 0 unspecified atom stereocenters. The van der Waals surface area contributed by atoms with Crippen molar-refractivity contribution in [3.8, 4) is 0 Å². The van der Waals surface area contributed by atoms with Crippen molar-refractivity contribution in [1.29, 1.82) is 0 Å². The smallest absolute Gasteiger partial charge is 0.263 e. The molecule has 21 heavy (non-hydrogen) atoms. The lowest BCUT2D eigenvalue weighted by Gasteiger charge is -2.10. The average molecular weight is 316 g/mol. The highest BCUT2D eigenvalue weighted by atomic mass is 32.2. The van der Waals surface area contributed by atoms with Gasteiger partial charge in [-0.1, -0.05) is 6.07 Å². The van der Waals surface area contributed by atoms with E-state index in [1.54, 1.807) is 19.1 Å². The average Bonchev–Trinajstić information content (AvgIpc) is 2.37. The number of hydrogen-bond donors (Lipinski definition) is 1. The van der Waals surface area contributed by atoms with Crippen LogP contribution in [0, 0.1) is 6.92 Å². The van der Waals surface area contributed by atoms with Crippen LogP contribution in [-0.4, -0.2) is 13.4 Å². The van der Waals surface area contributed by atoms with Crippen molar-refractivity contribution >= 4 is 15.8 Å². The Balaban J connectivity index is 2.28. The zero-order valence-electron chi connectivity index (χ0n) is 10.8. The van der Waals surface area contributed by atoms with E-state index in [9.17, 15) is 21.6 Å². The molecule has 0 bridgehead atoms. The van der Waals surface area contributed by atoms with Crippen LogP contribution < -0.4 is 4.72 Å². The Morgan fingerprint density at radius 2 is 1.67 bits per heavy atom. The lowest BCUT2D eigenvalue weighted by molar-refractivity contribution is -0.137. The summed E-state index contributed by atoms with van der Waals surface area (Å²) in [4.78, 5) is 3.71. The highest BCUT2D eigenvalue weighted by Gasteiger charge is 2.30. The Labute approximate surface area is 119 Å². The summed E-state index contributed by atoms with van der Waals surface area (Å²) in [6, 6.07) is 8.01. The molecule has 2 aromatic rings. The van der Waals surface area contributed by atoms with Gasteiger partial charge in [0.15, 0.2) is 0 Å². The zero-order valence-corrected chi connectivity index (χ0v) is 11.7. The van der Waals surface area contributed by atoms with Crippen LogP contribution in [0.15, 0.2) is 47.4 Å². The summed E-state index contributed by atoms with van der Waals surface area (Å²) in [5, 5.41) is 0. The summed E-state index contributed by atoms with van der Waals surface area (Å²) in [6.07, 6.45) is -4.51. The van der Waals surface area contributed by atoms with Crippen LogP contribution in [0.3, 0.4) is 0 Å². The van der Waals surface area contributed by atoms with Crippen LogP contribution in [-0.2, 0) is 16.2 Å². The molecule has 0 aliphatic rings. The van der Waals surface area contributed by atoms with E-state index in [2.05, 4.69) is 9.71 Å². The fourth-order valence-corrected chi connectivity index (χ4v) is 2.62. The summed E-state index contributed by atoms with van der Waals surface area (Å²) < 4.78 is 63.6. The largest absolute Gasteiger partial charge is 0.416 e. The molecule has 1 aromatic carbocycles. The van der Waals surface area contributed by atoms with Gasteiger partial charge in [-0.2, -0.15) is 13.2 Å². The van der Waals surface area contributed by atoms with Gasteiger partial charge in [-0.05, 0) is 43.3 Å². The van der Waals surface area contributed by atoms with Crippen molar-refractivity contribution < 1.29 is 21.6 Å². The first kappa shape index (κ1) is 15.3. The molecule has 8 heteroatoms. The number of pyridine rings is 1. The minimum absolute atomic E-state index is 0.106. The van der Waals surface area contributed by atoms with Crippen molar-refractivity contribution in [2.45, 2.75) is 18.0 Å². The molecule has 0 saturated heterocycles. The first-order valence-corrected chi connectivity index (χ1v) is 7.30. The van der Waals surface area contributed by atoms with Crippen molar-refractivity contribution in [2.24, 2.45) is 0 Å². The number of aromatic nitrogens is 1. The van der Waals surface area contributed by atoms with Crippen molar-refractivity contribution in [2.75, 3.05) is 4.72 Å². The third kappa shape index (κ3) is 3.72. The monoisotopic (exact) mass is 316 g/mol. The normalized spacial score (nSPS) is 12.2. The highest BCUT2D eigenvalue weighted by molar-refractivity contribution is 7.92. The summed E-state index contributed by atoms with van der Waals surface area (Å²) in [6.45, 7) is 1.69. The number of aryl methyl sites for hydroxylation is 1. The van der Waals surface area contributed by atoms with Gasteiger partial charge in [-0.15, -0.1) is 0 Å². The second-order valence-electron chi connectivity index (χ2n) is 4.29. The molecular weight excluding hydrogens is 305 g/mol. The number of nitrogens with one attached hydrogen (secondary N) is 1. The van der Waals surface area contributed by atoms with Crippen LogP contribution in [0.25, 0.3) is 0 Å². The molecule has 112 valence electrons. The number of anilines is 1. The molecule has 0 aliphatic carbocycles. The molecular formula is C13H11F3N2O2S. The molecule has 0 saturated carbocycles. The minimum Gasteiger partial charge on any atom is -0.263 e. The van der Waals surface area contributed by atoms with Gasteiger partial charge in [0.1, 0.15) is 5.82 Å². The van der Waals surface area contributed by atoms with E-state index in [0.717, 1.165) is 24.3 Å². The van der Waals surface area contributed by atoms with Gasteiger partial charge in [0, 0.05) is 5.69 Å². The molecule has 0 spiro atoms. The maximum Gasteiger partial charge on any atom is 0.416 e. The lowest BCUT2D eigenvalue weighted by Crippen LogP contribution is -2.14. The first-order valence-electron chi connectivity index (χ1n) is 5.82. The van der Waals surface area contributed by atoms with Gasteiger partial charge in [-0.3, -0.25) is 4.72 Å². The van der Waals surface area contributed by atoms with Gasteiger partial charge in [-0.25, -0.2) is 13.4 Å².